The second-order valence-corrected chi connectivity index (χ2v) is 2.99. The molecule has 0 aliphatic carbocycles. The number of hydrogen-bond acceptors (Lipinski definition) is 4. The monoisotopic (exact) mass is 169 g/mol. The van der Waals surface area contributed by atoms with Crippen molar-refractivity contribution >= 4 is 0 Å². The summed E-state index contributed by atoms with van der Waals surface area (Å²) < 4.78 is 6.72. The predicted octanol–water partition coefficient (Wildman–Crippen LogP) is -0.710. The highest BCUT2D eigenvalue weighted by atomic mass is 16.5. The Hall–Kier alpha value is -0.940. The normalized spacial score (nSPS) is 29.5. The van der Waals surface area contributed by atoms with Crippen LogP contribution in [0.25, 0.3) is 0 Å². The number of aliphatic hydroxyl groups is 1. The highest BCUT2D eigenvalue weighted by molar-refractivity contribution is 5.00. The lowest BCUT2D eigenvalue weighted by Gasteiger charge is -2.06. The van der Waals surface area contributed by atoms with Crippen LogP contribution in [0, 0.1) is 0 Å². The van der Waals surface area contributed by atoms with Crippen LogP contribution in [0.1, 0.15) is 11.7 Å². The molecule has 0 aromatic carbocycles. The van der Waals surface area contributed by atoms with Gasteiger partial charge < -0.3 is 9.84 Å². The first kappa shape index (κ1) is 7.70. The molecule has 2 rings (SSSR count). The van der Waals surface area contributed by atoms with Crippen LogP contribution in [0.3, 0.4) is 0 Å². The summed E-state index contributed by atoms with van der Waals surface area (Å²) in [5, 5.41) is 13.5. The van der Waals surface area contributed by atoms with Crippen LogP contribution >= 0.6 is 0 Å². The Balaban J connectivity index is 2.19. The van der Waals surface area contributed by atoms with E-state index in [9.17, 15) is 5.11 Å². The molecule has 1 aliphatic heterocycles. The number of rotatable bonds is 1. The molecule has 0 spiro atoms. The molecule has 5 heteroatoms. The van der Waals surface area contributed by atoms with E-state index < -0.39 is 6.10 Å². The molecule has 1 saturated heterocycles. The molecular weight excluding hydrogens is 158 g/mol. The molecule has 5 nitrogen and oxygen atoms in total. The molecule has 2 heterocycles. The highest BCUT2D eigenvalue weighted by Crippen LogP contribution is 2.21. The van der Waals surface area contributed by atoms with Gasteiger partial charge in [0.15, 0.2) is 5.82 Å². The van der Waals surface area contributed by atoms with E-state index in [0.29, 0.717) is 19.0 Å². The number of nitrogens with zero attached hydrogens (tertiary/aromatic N) is 3. The lowest BCUT2D eigenvalue weighted by Crippen LogP contribution is -2.17. The van der Waals surface area contributed by atoms with Gasteiger partial charge in [-0.3, -0.25) is 4.68 Å². The molecule has 1 aliphatic rings. The van der Waals surface area contributed by atoms with Gasteiger partial charge >= 0.3 is 0 Å². The van der Waals surface area contributed by atoms with E-state index in [1.807, 2.05) is 0 Å². The molecule has 2 atom stereocenters. The third kappa shape index (κ3) is 1.21. The Morgan fingerprint density at radius 2 is 2.50 bits per heavy atom. The van der Waals surface area contributed by atoms with E-state index in [1.165, 1.54) is 0 Å². The zero-order chi connectivity index (χ0) is 8.55. The van der Waals surface area contributed by atoms with Crippen molar-refractivity contribution in [2.24, 2.45) is 7.05 Å². The molecule has 1 fully saturated rings. The molecule has 1 aromatic heterocycles. The molecule has 0 saturated carbocycles. The van der Waals surface area contributed by atoms with Crippen LogP contribution in [-0.4, -0.2) is 39.2 Å². The maximum atomic E-state index is 9.44. The van der Waals surface area contributed by atoms with Crippen molar-refractivity contribution in [3.05, 3.63) is 12.2 Å². The van der Waals surface area contributed by atoms with E-state index >= 15 is 0 Å². The van der Waals surface area contributed by atoms with Gasteiger partial charge in [-0.05, 0) is 0 Å². The number of aromatic nitrogens is 3. The highest BCUT2D eigenvalue weighted by Gasteiger charge is 2.30. The van der Waals surface area contributed by atoms with E-state index in [4.69, 9.17) is 4.74 Å². The molecule has 12 heavy (non-hydrogen) atoms. The third-order valence-electron chi connectivity index (χ3n) is 2.00. The first-order chi connectivity index (χ1) is 5.77. The summed E-state index contributed by atoms with van der Waals surface area (Å²) in [7, 11) is 1.80. The predicted molar refractivity (Wildman–Crippen MR) is 40.6 cm³/mol. The molecule has 1 N–H and O–H groups in total. The molecular formula is C7H11N3O2. The Labute approximate surface area is 70.0 Å². The van der Waals surface area contributed by atoms with Crippen molar-refractivity contribution in [1.29, 1.82) is 0 Å². The molecule has 0 radical (unpaired) electrons. The number of hydrogen-bond donors (Lipinski definition) is 1. The fraction of sp³-hybridized carbons (Fsp3) is 0.714. The van der Waals surface area contributed by atoms with Crippen LogP contribution in [0.4, 0.5) is 0 Å². The minimum absolute atomic E-state index is 0.0498. The van der Waals surface area contributed by atoms with Crippen molar-refractivity contribution in [1.82, 2.24) is 14.8 Å². The molecule has 0 unspecified atom stereocenters. The lowest BCUT2D eigenvalue weighted by molar-refractivity contribution is 0.124. The van der Waals surface area contributed by atoms with Crippen molar-refractivity contribution in [3.8, 4) is 0 Å². The van der Waals surface area contributed by atoms with Crippen molar-refractivity contribution in [2.45, 2.75) is 12.0 Å². The minimum Gasteiger partial charge on any atom is -0.390 e. The Morgan fingerprint density at radius 1 is 1.67 bits per heavy atom. The average molecular weight is 169 g/mol. The van der Waals surface area contributed by atoms with E-state index in [0.717, 1.165) is 0 Å². The first-order valence-corrected chi connectivity index (χ1v) is 3.88. The van der Waals surface area contributed by atoms with Crippen molar-refractivity contribution < 1.29 is 9.84 Å². The smallest absolute Gasteiger partial charge is 0.158 e. The summed E-state index contributed by atoms with van der Waals surface area (Å²) in [5.41, 5.74) is 0. The quantitative estimate of drug-likeness (QED) is 0.603. The van der Waals surface area contributed by atoms with Gasteiger partial charge in [0.1, 0.15) is 6.33 Å². The maximum Gasteiger partial charge on any atom is 0.158 e. The summed E-state index contributed by atoms with van der Waals surface area (Å²) in [4.78, 5) is 4.06. The van der Waals surface area contributed by atoms with Crippen molar-refractivity contribution in [2.75, 3.05) is 13.2 Å². The topological polar surface area (TPSA) is 60.2 Å². The first-order valence-electron chi connectivity index (χ1n) is 3.88. The lowest BCUT2D eigenvalue weighted by atomic mass is 10.1. The zero-order valence-corrected chi connectivity index (χ0v) is 6.84. The summed E-state index contributed by atoms with van der Waals surface area (Å²) in [6.07, 6.45) is 1.17. The second-order valence-electron chi connectivity index (χ2n) is 2.99. The molecule has 1 aromatic rings. The summed E-state index contributed by atoms with van der Waals surface area (Å²) in [5.74, 6) is 0.619. The SMILES string of the molecule is Cn1cnc([C@@H]2COC[C@H]2O)n1. The van der Waals surface area contributed by atoms with Gasteiger partial charge in [0.05, 0.1) is 25.2 Å². The van der Waals surface area contributed by atoms with E-state index in [2.05, 4.69) is 10.1 Å². The molecule has 0 bridgehead atoms. The van der Waals surface area contributed by atoms with Crippen LogP contribution in [-0.2, 0) is 11.8 Å². The van der Waals surface area contributed by atoms with Crippen LogP contribution in [0.5, 0.6) is 0 Å². The van der Waals surface area contributed by atoms with Gasteiger partial charge in [0, 0.05) is 7.05 Å². The minimum atomic E-state index is -0.451. The number of ether oxygens (including phenoxy) is 1. The molecule has 66 valence electrons. The Bertz CT molecular complexity index is 273. The standard InChI is InChI=1S/C7H11N3O2/c1-10-4-8-7(9-10)5-2-12-3-6(5)11/h4-6,11H,2-3H2,1H3/t5-,6-/m1/s1. The largest absolute Gasteiger partial charge is 0.390 e. The van der Waals surface area contributed by atoms with Gasteiger partial charge in [0.25, 0.3) is 0 Å². The zero-order valence-electron chi connectivity index (χ0n) is 6.84. The molecule has 0 amide bonds. The Kier molecular flexibility index (Phi) is 1.82. The van der Waals surface area contributed by atoms with Gasteiger partial charge in [-0.2, -0.15) is 5.10 Å². The average Bonchev–Trinajstić information content (AvgIpc) is 2.58. The van der Waals surface area contributed by atoms with Crippen LogP contribution < -0.4 is 0 Å². The number of aryl methyl sites for hydroxylation is 1. The fourth-order valence-corrected chi connectivity index (χ4v) is 1.32. The van der Waals surface area contributed by atoms with Gasteiger partial charge in [0.2, 0.25) is 0 Å². The fourth-order valence-electron chi connectivity index (χ4n) is 1.32. The summed E-state index contributed by atoms with van der Waals surface area (Å²) in [6, 6.07) is 0. The van der Waals surface area contributed by atoms with Gasteiger partial charge in [-0.1, -0.05) is 0 Å². The summed E-state index contributed by atoms with van der Waals surface area (Å²) >= 11 is 0. The van der Waals surface area contributed by atoms with Crippen LogP contribution in [0.15, 0.2) is 6.33 Å². The van der Waals surface area contributed by atoms with Crippen LogP contribution in [0.2, 0.25) is 0 Å². The maximum absolute atomic E-state index is 9.44. The Morgan fingerprint density at radius 3 is 3.00 bits per heavy atom. The van der Waals surface area contributed by atoms with Gasteiger partial charge in [-0.25, -0.2) is 4.98 Å². The second kappa shape index (κ2) is 2.84. The number of aliphatic hydroxyl groups excluding tert-OH is 1. The van der Waals surface area contributed by atoms with E-state index in [1.54, 1.807) is 18.1 Å². The van der Waals surface area contributed by atoms with Gasteiger partial charge in [-0.15, -0.1) is 0 Å². The van der Waals surface area contributed by atoms with E-state index in [-0.39, 0.29) is 5.92 Å². The third-order valence-corrected chi connectivity index (χ3v) is 2.00. The summed E-state index contributed by atoms with van der Waals surface area (Å²) in [6.45, 7) is 0.911. The van der Waals surface area contributed by atoms with Crippen molar-refractivity contribution in [3.63, 3.8) is 0 Å².